The maximum atomic E-state index is 12.5. The number of carbonyl (C=O) groups excluding carboxylic acids is 1. The van der Waals surface area contributed by atoms with E-state index < -0.39 is 18.2 Å². The van der Waals surface area contributed by atoms with Crippen molar-refractivity contribution in [1.82, 2.24) is 10.2 Å². The van der Waals surface area contributed by atoms with Gasteiger partial charge in [-0.05, 0) is 42.9 Å². The number of piperidine rings is 1. The molecule has 0 spiro atoms. The number of alkyl halides is 3. The average Bonchev–Trinajstić information content (AvgIpc) is 2.53. The minimum atomic E-state index is -4.61. The number of aliphatic hydroxyl groups is 1. The van der Waals surface area contributed by atoms with Gasteiger partial charge in [-0.15, -0.1) is 0 Å². The third-order valence-electron chi connectivity index (χ3n) is 4.21. The van der Waals surface area contributed by atoms with Crippen LogP contribution in [-0.2, 0) is 6.42 Å². The van der Waals surface area contributed by atoms with Crippen LogP contribution >= 0.6 is 0 Å². The van der Waals surface area contributed by atoms with E-state index in [0.29, 0.717) is 13.0 Å². The lowest BCUT2D eigenvalue weighted by molar-refractivity contribution is -0.222. The van der Waals surface area contributed by atoms with Gasteiger partial charge in [0.2, 0.25) is 0 Å². The van der Waals surface area contributed by atoms with E-state index in [1.807, 2.05) is 6.07 Å². The van der Waals surface area contributed by atoms with Crippen LogP contribution in [-0.4, -0.2) is 53.1 Å². The van der Waals surface area contributed by atoms with Crippen molar-refractivity contribution < 1.29 is 28.2 Å². The lowest BCUT2D eigenvalue weighted by atomic mass is 9.91. The van der Waals surface area contributed by atoms with Crippen LogP contribution in [0.2, 0.25) is 0 Å². The van der Waals surface area contributed by atoms with Crippen molar-refractivity contribution in [3.63, 3.8) is 0 Å². The number of aliphatic hydroxyl groups excluding tert-OH is 1. The zero-order valence-corrected chi connectivity index (χ0v) is 13.1. The number of hydrogen-bond acceptors (Lipinski definition) is 3. The lowest BCUT2D eigenvalue weighted by Crippen LogP contribution is -2.48. The van der Waals surface area contributed by atoms with Crippen molar-refractivity contribution >= 4 is 6.03 Å². The molecular formula is C16H21F3N2O3. The second kappa shape index (κ2) is 7.74. The first-order chi connectivity index (χ1) is 11.3. The van der Waals surface area contributed by atoms with Gasteiger partial charge in [0.05, 0.1) is 0 Å². The summed E-state index contributed by atoms with van der Waals surface area (Å²) in [6, 6.07) is 6.38. The first-order valence-corrected chi connectivity index (χ1v) is 7.83. The summed E-state index contributed by atoms with van der Waals surface area (Å²) < 4.78 is 37.5. The molecule has 0 bridgehead atoms. The number of nitrogens with zero attached hydrogens (tertiary/aromatic N) is 1. The molecule has 1 aromatic rings. The van der Waals surface area contributed by atoms with E-state index in [1.165, 1.54) is 4.90 Å². The zero-order chi connectivity index (χ0) is 17.7. The molecule has 1 atom stereocenters. The molecule has 0 aliphatic carbocycles. The second-order valence-corrected chi connectivity index (χ2v) is 5.96. The van der Waals surface area contributed by atoms with Gasteiger partial charge in [0, 0.05) is 19.6 Å². The highest BCUT2D eigenvalue weighted by molar-refractivity contribution is 5.74. The number of likely N-dealkylation sites (tertiary alicyclic amines) is 1. The van der Waals surface area contributed by atoms with Crippen molar-refractivity contribution in [2.45, 2.75) is 31.5 Å². The summed E-state index contributed by atoms with van der Waals surface area (Å²) in [4.78, 5) is 13.5. The summed E-state index contributed by atoms with van der Waals surface area (Å²) in [5, 5.41) is 21.3. The SMILES string of the molecule is O=C(NCCc1cccc(O)c1)N1CCC(C(O)C(F)(F)F)CC1. The van der Waals surface area contributed by atoms with Gasteiger partial charge in [-0.3, -0.25) is 0 Å². The lowest BCUT2D eigenvalue weighted by Gasteiger charge is -2.34. The Labute approximate surface area is 138 Å². The number of phenolic OH excluding ortho intramolecular Hbond substituents is 1. The molecule has 8 heteroatoms. The molecule has 1 fully saturated rings. The monoisotopic (exact) mass is 346 g/mol. The summed E-state index contributed by atoms with van der Waals surface area (Å²) in [6.07, 6.45) is -6.14. The molecule has 5 nitrogen and oxygen atoms in total. The van der Waals surface area contributed by atoms with Crippen molar-refractivity contribution in [1.29, 1.82) is 0 Å². The number of nitrogens with one attached hydrogen (secondary N) is 1. The number of aromatic hydroxyl groups is 1. The molecule has 1 saturated heterocycles. The molecule has 1 aromatic carbocycles. The van der Waals surface area contributed by atoms with Crippen LogP contribution in [0.3, 0.4) is 0 Å². The van der Waals surface area contributed by atoms with E-state index in [4.69, 9.17) is 0 Å². The Balaban J connectivity index is 1.73. The van der Waals surface area contributed by atoms with Crippen LogP contribution in [0.4, 0.5) is 18.0 Å². The van der Waals surface area contributed by atoms with Crippen molar-refractivity contribution in [2.75, 3.05) is 19.6 Å². The number of amides is 2. The summed E-state index contributed by atoms with van der Waals surface area (Å²) in [5.41, 5.74) is 0.877. The first kappa shape index (κ1) is 18.4. The van der Waals surface area contributed by atoms with Crippen LogP contribution in [0, 0.1) is 5.92 Å². The van der Waals surface area contributed by atoms with Gasteiger partial charge < -0.3 is 20.4 Å². The van der Waals surface area contributed by atoms with Gasteiger partial charge in [-0.1, -0.05) is 12.1 Å². The predicted molar refractivity (Wildman–Crippen MR) is 81.6 cm³/mol. The molecule has 0 saturated carbocycles. The maximum absolute atomic E-state index is 12.5. The quantitative estimate of drug-likeness (QED) is 0.783. The standard InChI is InChI=1S/C16H21F3N2O3/c17-16(18,19)14(23)12-5-8-21(9-6-12)15(24)20-7-4-11-2-1-3-13(22)10-11/h1-3,10,12,14,22-23H,4-9H2,(H,20,24). The molecule has 1 aliphatic rings. The molecule has 2 rings (SSSR count). The summed E-state index contributed by atoms with van der Waals surface area (Å²) in [7, 11) is 0. The van der Waals surface area contributed by atoms with Crippen LogP contribution in [0.5, 0.6) is 5.75 Å². The van der Waals surface area contributed by atoms with Gasteiger partial charge in [-0.25, -0.2) is 4.79 Å². The number of carbonyl (C=O) groups is 1. The van der Waals surface area contributed by atoms with E-state index in [9.17, 15) is 28.2 Å². The minimum Gasteiger partial charge on any atom is -0.508 e. The molecule has 1 aliphatic heterocycles. The Bertz CT molecular complexity index is 558. The van der Waals surface area contributed by atoms with Crippen LogP contribution in [0.1, 0.15) is 18.4 Å². The third-order valence-corrected chi connectivity index (χ3v) is 4.21. The highest BCUT2D eigenvalue weighted by Crippen LogP contribution is 2.31. The molecule has 134 valence electrons. The van der Waals surface area contributed by atoms with Gasteiger partial charge >= 0.3 is 12.2 Å². The number of urea groups is 1. The Morgan fingerprint density at radius 3 is 2.58 bits per heavy atom. The fourth-order valence-electron chi connectivity index (χ4n) is 2.82. The van der Waals surface area contributed by atoms with E-state index >= 15 is 0 Å². The highest BCUT2D eigenvalue weighted by Gasteiger charge is 2.44. The topological polar surface area (TPSA) is 72.8 Å². The van der Waals surface area contributed by atoms with Gasteiger partial charge in [0.1, 0.15) is 5.75 Å². The summed E-state index contributed by atoms with van der Waals surface area (Å²) >= 11 is 0. The average molecular weight is 346 g/mol. The van der Waals surface area contributed by atoms with Crippen LogP contribution in [0.15, 0.2) is 24.3 Å². The molecule has 3 N–H and O–H groups in total. The van der Waals surface area contributed by atoms with Crippen LogP contribution < -0.4 is 5.32 Å². The predicted octanol–water partition coefficient (Wildman–Crippen LogP) is 2.28. The van der Waals surface area contributed by atoms with E-state index in [0.717, 1.165) is 5.56 Å². The molecular weight excluding hydrogens is 325 g/mol. The van der Waals surface area contributed by atoms with Crippen molar-refractivity contribution in [3.05, 3.63) is 29.8 Å². The molecule has 2 amide bonds. The molecule has 24 heavy (non-hydrogen) atoms. The normalized spacial score (nSPS) is 17.6. The number of halogens is 3. The second-order valence-electron chi connectivity index (χ2n) is 5.96. The smallest absolute Gasteiger partial charge is 0.414 e. The maximum Gasteiger partial charge on any atom is 0.414 e. The Kier molecular flexibility index (Phi) is 5.93. The van der Waals surface area contributed by atoms with E-state index in [1.54, 1.807) is 18.2 Å². The van der Waals surface area contributed by atoms with Gasteiger partial charge in [-0.2, -0.15) is 13.2 Å². The van der Waals surface area contributed by atoms with Gasteiger partial charge in [0.15, 0.2) is 6.10 Å². The summed E-state index contributed by atoms with van der Waals surface area (Å²) in [5.74, 6) is -0.703. The number of benzene rings is 1. The fourth-order valence-corrected chi connectivity index (χ4v) is 2.82. The van der Waals surface area contributed by atoms with Crippen molar-refractivity contribution in [3.8, 4) is 5.75 Å². The molecule has 0 radical (unpaired) electrons. The molecule has 1 unspecified atom stereocenters. The Morgan fingerprint density at radius 2 is 2.00 bits per heavy atom. The van der Waals surface area contributed by atoms with Crippen molar-refractivity contribution in [2.24, 2.45) is 5.92 Å². The molecule has 1 heterocycles. The van der Waals surface area contributed by atoms with Gasteiger partial charge in [0.25, 0.3) is 0 Å². The largest absolute Gasteiger partial charge is 0.508 e. The number of phenols is 1. The number of rotatable bonds is 4. The Morgan fingerprint density at radius 1 is 1.33 bits per heavy atom. The van der Waals surface area contributed by atoms with Crippen LogP contribution in [0.25, 0.3) is 0 Å². The van der Waals surface area contributed by atoms with E-state index in [-0.39, 0.29) is 37.7 Å². The Hall–Kier alpha value is -1.96. The highest BCUT2D eigenvalue weighted by atomic mass is 19.4. The van der Waals surface area contributed by atoms with E-state index in [2.05, 4.69) is 5.32 Å². The molecule has 0 aromatic heterocycles. The summed E-state index contributed by atoms with van der Waals surface area (Å²) in [6.45, 7) is 0.749. The minimum absolute atomic E-state index is 0.126. The number of hydrogen-bond donors (Lipinski definition) is 3. The first-order valence-electron chi connectivity index (χ1n) is 7.83. The third kappa shape index (κ3) is 5.02. The zero-order valence-electron chi connectivity index (χ0n) is 13.1. The fraction of sp³-hybridized carbons (Fsp3) is 0.562.